The van der Waals surface area contributed by atoms with Crippen LogP contribution >= 0.6 is 0 Å². The van der Waals surface area contributed by atoms with E-state index in [-0.39, 0.29) is 17.9 Å². The second-order valence-corrected chi connectivity index (χ2v) is 8.15. The number of piperidine rings is 1. The van der Waals surface area contributed by atoms with Crippen LogP contribution in [-0.2, 0) is 4.79 Å². The number of anilines is 3. The standard InChI is InChI=1S/C24H27N7O/c1-15-5-6-18(14-31(15)16(2)32)24-29-22(17-4-3-9-27-13-17)11-23(30-24)28-20-7-8-21(26)19(10-20)12-25/h3-4,7-13,15,18,25H,5-6,14,26H2,1-2H3,(H,28,29,30)/t15-,18+/m0/s1. The van der Waals surface area contributed by atoms with Gasteiger partial charge in [0.25, 0.3) is 0 Å². The summed E-state index contributed by atoms with van der Waals surface area (Å²) < 4.78 is 0. The fourth-order valence-corrected chi connectivity index (χ4v) is 4.06. The maximum absolute atomic E-state index is 12.1. The summed E-state index contributed by atoms with van der Waals surface area (Å²) in [6, 6.07) is 11.4. The van der Waals surface area contributed by atoms with Gasteiger partial charge in [-0.2, -0.15) is 0 Å². The molecular formula is C24H27N7O. The van der Waals surface area contributed by atoms with Crippen LogP contribution in [0.25, 0.3) is 11.3 Å². The van der Waals surface area contributed by atoms with Crippen molar-refractivity contribution < 1.29 is 4.79 Å². The van der Waals surface area contributed by atoms with E-state index in [4.69, 9.17) is 21.1 Å². The third-order valence-electron chi connectivity index (χ3n) is 5.87. The van der Waals surface area contributed by atoms with E-state index in [0.29, 0.717) is 29.4 Å². The first kappa shape index (κ1) is 21.4. The summed E-state index contributed by atoms with van der Waals surface area (Å²) in [6.45, 7) is 4.30. The quantitative estimate of drug-likeness (QED) is 0.417. The Labute approximate surface area is 187 Å². The van der Waals surface area contributed by atoms with Crippen LogP contribution in [0.2, 0.25) is 0 Å². The van der Waals surface area contributed by atoms with Crippen LogP contribution in [0.15, 0.2) is 48.8 Å². The summed E-state index contributed by atoms with van der Waals surface area (Å²) in [5.41, 5.74) is 9.54. The zero-order chi connectivity index (χ0) is 22.7. The Balaban J connectivity index is 1.72. The van der Waals surface area contributed by atoms with E-state index in [1.807, 2.05) is 35.2 Å². The Bertz CT molecular complexity index is 1130. The molecule has 0 saturated carbocycles. The molecule has 1 aromatic carbocycles. The number of pyridine rings is 1. The van der Waals surface area contributed by atoms with Crippen LogP contribution in [0, 0.1) is 5.41 Å². The topological polar surface area (TPSA) is 121 Å². The van der Waals surface area contributed by atoms with Crippen molar-refractivity contribution in [3.8, 4) is 11.3 Å². The van der Waals surface area contributed by atoms with Gasteiger partial charge >= 0.3 is 0 Å². The Hall–Kier alpha value is -3.81. The van der Waals surface area contributed by atoms with Crippen molar-refractivity contribution in [2.75, 3.05) is 17.6 Å². The Morgan fingerprint density at radius 2 is 2.09 bits per heavy atom. The van der Waals surface area contributed by atoms with Crippen LogP contribution < -0.4 is 11.1 Å². The Morgan fingerprint density at radius 1 is 1.25 bits per heavy atom. The summed E-state index contributed by atoms with van der Waals surface area (Å²) in [5, 5.41) is 10.9. The van der Waals surface area contributed by atoms with Crippen LogP contribution in [0.1, 0.15) is 44.0 Å². The molecule has 0 radical (unpaired) electrons. The molecule has 8 heteroatoms. The SMILES string of the molecule is CC(=O)N1C[C@H](c2nc(Nc3ccc(N)c(C=N)c3)cc(-c3cccnc3)n2)CC[C@@H]1C. The molecule has 0 unspecified atom stereocenters. The highest BCUT2D eigenvalue weighted by Gasteiger charge is 2.30. The van der Waals surface area contributed by atoms with Gasteiger partial charge in [-0.3, -0.25) is 9.78 Å². The number of nitrogen functional groups attached to an aromatic ring is 1. The molecule has 2 aromatic heterocycles. The molecule has 0 aliphatic carbocycles. The van der Waals surface area contributed by atoms with Gasteiger partial charge in [-0.1, -0.05) is 0 Å². The van der Waals surface area contributed by atoms with E-state index in [2.05, 4.69) is 17.2 Å². The van der Waals surface area contributed by atoms with Gasteiger partial charge in [0.05, 0.1) is 5.69 Å². The largest absolute Gasteiger partial charge is 0.398 e. The highest BCUT2D eigenvalue weighted by Crippen LogP contribution is 2.31. The number of benzene rings is 1. The van der Waals surface area contributed by atoms with Gasteiger partial charge in [-0.25, -0.2) is 9.97 Å². The molecule has 2 atom stereocenters. The number of rotatable bonds is 5. The summed E-state index contributed by atoms with van der Waals surface area (Å²) in [6.07, 6.45) is 6.56. The first-order chi connectivity index (χ1) is 15.4. The third kappa shape index (κ3) is 4.59. The van der Waals surface area contributed by atoms with E-state index in [9.17, 15) is 4.79 Å². The van der Waals surface area contributed by atoms with E-state index in [1.54, 1.807) is 25.4 Å². The fraction of sp³-hybridized carbons (Fsp3) is 0.292. The number of nitrogens with zero attached hydrogens (tertiary/aromatic N) is 4. The van der Waals surface area contributed by atoms with Crippen molar-refractivity contribution in [3.63, 3.8) is 0 Å². The third-order valence-corrected chi connectivity index (χ3v) is 5.87. The summed E-state index contributed by atoms with van der Waals surface area (Å²) >= 11 is 0. The van der Waals surface area contributed by atoms with E-state index in [1.165, 1.54) is 6.21 Å². The van der Waals surface area contributed by atoms with Crippen LogP contribution in [0.5, 0.6) is 0 Å². The summed E-state index contributed by atoms with van der Waals surface area (Å²) in [7, 11) is 0. The zero-order valence-electron chi connectivity index (χ0n) is 18.2. The molecule has 1 aliphatic rings. The average molecular weight is 430 g/mol. The highest BCUT2D eigenvalue weighted by atomic mass is 16.2. The lowest BCUT2D eigenvalue weighted by Gasteiger charge is -2.37. The predicted molar refractivity (Wildman–Crippen MR) is 126 cm³/mol. The van der Waals surface area contributed by atoms with Gasteiger partial charge < -0.3 is 21.4 Å². The number of aromatic nitrogens is 3. The minimum atomic E-state index is 0.0517. The van der Waals surface area contributed by atoms with Gasteiger partial charge in [-0.05, 0) is 50.1 Å². The maximum Gasteiger partial charge on any atom is 0.219 e. The Kier molecular flexibility index (Phi) is 6.11. The molecule has 1 amide bonds. The number of amides is 1. The lowest BCUT2D eigenvalue weighted by molar-refractivity contribution is -0.132. The minimum Gasteiger partial charge on any atom is -0.398 e. The summed E-state index contributed by atoms with van der Waals surface area (Å²) in [5.74, 6) is 1.47. The number of carbonyl (C=O) groups is 1. The second kappa shape index (κ2) is 9.13. The molecule has 0 bridgehead atoms. The van der Waals surface area contributed by atoms with Crippen molar-refractivity contribution in [2.24, 2.45) is 0 Å². The predicted octanol–water partition coefficient (Wildman–Crippen LogP) is 3.98. The number of carbonyl (C=O) groups excluding carboxylic acids is 1. The molecule has 32 heavy (non-hydrogen) atoms. The lowest BCUT2D eigenvalue weighted by atomic mass is 9.92. The fourth-order valence-electron chi connectivity index (χ4n) is 4.06. The number of nitrogens with two attached hydrogens (primary N) is 1. The normalized spacial score (nSPS) is 18.2. The molecule has 1 aliphatic heterocycles. The van der Waals surface area contributed by atoms with E-state index < -0.39 is 0 Å². The van der Waals surface area contributed by atoms with Gasteiger partial charge in [0.2, 0.25) is 5.91 Å². The highest BCUT2D eigenvalue weighted by molar-refractivity contribution is 5.87. The zero-order valence-corrected chi connectivity index (χ0v) is 18.2. The molecule has 3 aromatic rings. The molecule has 3 heterocycles. The van der Waals surface area contributed by atoms with Gasteiger partial charge in [-0.15, -0.1) is 0 Å². The molecular weight excluding hydrogens is 402 g/mol. The molecule has 1 fully saturated rings. The van der Waals surface area contributed by atoms with Crippen molar-refractivity contribution >= 4 is 29.3 Å². The molecule has 4 rings (SSSR count). The van der Waals surface area contributed by atoms with Crippen molar-refractivity contribution in [1.29, 1.82) is 5.41 Å². The van der Waals surface area contributed by atoms with Gasteiger partial charge in [0, 0.05) is 72.6 Å². The van der Waals surface area contributed by atoms with Crippen molar-refractivity contribution in [2.45, 2.75) is 38.6 Å². The first-order valence-electron chi connectivity index (χ1n) is 10.7. The molecule has 8 nitrogen and oxygen atoms in total. The average Bonchev–Trinajstić information content (AvgIpc) is 2.81. The smallest absolute Gasteiger partial charge is 0.219 e. The van der Waals surface area contributed by atoms with Crippen molar-refractivity contribution in [1.82, 2.24) is 19.9 Å². The Morgan fingerprint density at radius 3 is 2.81 bits per heavy atom. The number of hydrogen-bond acceptors (Lipinski definition) is 7. The van der Waals surface area contributed by atoms with Crippen LogP contribution in [0.3, 0.4) is 0 Å². The lowest BCUT2D eigenvalue weighted by Crippen LogP contribution is -2.44. The van der Waals surface area contributed by atoms with Crippen molar-refractivity contribution in [3.05, 3.63) is 60.2 Å². The van der Waals surface area contributed by atoms with Gasteiger partial charge in [0.15, 0.2) is 0 Å². The molecule has 4 N–H and O–H groups in total. The van der Waals surface area contributed by atoms with E-state index in [0.717, 1.165) is 29.8 Å². The number of nitrogens with one attached hydrogen (secondary N) is 2. The molecule has 1 saturated heterocycles. The van der Waals surface area contributed by atoms with Gasteiger partial charge in [0.1, 0.15) is 11.6 Å². The molecule has 164 valence electrons. The first-order valence-corrected chi connectivity index (χ1v) is 10.7. The van der Waals surface area contributed by atoms with E-state index >= 15 is 0 Å². The summed E-state index contributed by atoms with van der Waals surface area (Å²) in [4.78, 5) is 27.9. The maximum atomic E-state index is 12.1. The van der Waals surface area contributed by atoms with Crippen LogP contribution in [0.4, 0.5) is 17.2 Å². The monoisotopic (exact) mass is 429 g/mol. The number of likely N-dealkylation sites (tertiary alicyclic amines) is 1. The minimum absolute atomic E-state index is 0.0517. The molecule has 0 spiro atoms. The second-order valence-electron chi connectivity index (χ2n) is 8.15. The van der Waals surface area contributed by atoms with Crippen LogP contribution in [-0.4, -0.2) is 44.6 Å². The number of hydrogen-bond donors (Lipinski definition) is 3.